The summed E-state index contributed by atoms with van der Waals surface area (Å²) in [7, 11) is 0. The Morgan fingerprint density at radius 3 is 2.69 bits per heavy atom. The van der Waals surface area contributed by atoms with Gasteiger partial charge in [-0.25, -0.2) is 0 Å². The van der Waals surface area contributed by atoms with E-state index in [2.05, 4.69) is 5.32 Å². The molecule has 0 spiro atoms. The molecular weight excluding hydrogens is 269 g/mol. The number of hydrogen-bond acceptors (Lipinski definition) is 3. The summed E-state index contributed by atoms with van der Waals surface area (Å²) in [5.74, 6) is -0.0934. The summed E-state index contributed by atoms with van der Waals surface area (Å²) in [5, 5.41) is 2.90. The van der Waals surface area contributed by atoms with Crippen molar-refractivity contribution >= 4 is 40.4 Å². The van der Waals surface area contributed by atoms with Crippen molar-refractivity contribution in [2.45, 2.75) is 6.54 Å². The van der Waals surface area contributed by atoms with Crippen LogP contribution in [0.3, 0.4) is 0 Å². The monoisotopic (exact) mass is 275 g/mol. The Labute approximate surface area is 106 Å². The van der Waals surface area contributed by atoms with Crippen LogP contribution < -0.4 is 5.32 Å². The van der Waals surface area contributed by atoms with Crippen LogP contribution in [-0.4, -0.2) is 5.91 Å². The molecule has 0 aliphatic rings. The van der Waals surface area contributed by atoms with Crippen LogP contribution in [0.5, 0.6) is 0 Å². The van der Waals surface area contributed by atoms with E-state index in [4.69, 9.17) is 27.6 Å². The van der Waals surface area contributed by atoms with E-state index in [9.17, 15) is 4.79 Å². The van der Waals surface area contributed by atoms with Crippen LogP contribution in [0.1, 0.15) is 15.4 Å². The lowest BCUT2D eigenvalue weighted by Crippen LogP contribution is -2.21. The summed E-state index contributed by atoms with van der Waals surface area (Å²) in [4.78, 5) is 12.5. The minimum Gasteiger partial charge on any atom is -0.440 e. The number of amides is 1. The van der Waals surface area contributed by atoms with Gasteiger partial charge < -0.3 is 9.73 Å². The molecule has 0 unspecified atom stereocenters. The molecule has 1 amide bonds. The van der Waals surface area contributed by atoms with E-state index in [1.54, 1.807) is 6.07 Å². The molecule has 2 heterocycles. The standard InChI is InChI=1S/C10H7Cl2NO2S/c11-8-3-2-7(15-8)10(14)13-5-6-1-4-9(12)16-6/h1-4H,5H2,(H,13,14). The predicted octanol–water partition coefficient (Wildman–Crippen LogP) is 3.58. The molecule has 2 aromatic rings. The number of carbonyl (C=O) groups excluding carboxylic acids is 1. The van der Waals surface area contributed by atoms with Gasteiger partial charge in [0, 0.05) is 4.88 Å². The molecule has 16 heavy (non-hydrogen) atoms. The van der Waals surface area contributed by atoms with Crippen LogP contribution in [0.15, 0.2) is 28.7 Å². The highest BCUT2D eigenvalue weighted by Gasteiger charge is 2.10. The lowest BCUT2D eigenvalue weighted by Gasteiger charge is -1.99. The smallest absolute Gasteiger partial charge is 0.287 e. The molecule has 0 fully saturated rings. The average Bonchev–Trinajstić information content (AvgIpc) is 2.84. The second-order valence-electron chi connectivity index (χ2n) is 2.99. The molecule has 0 aromatic carbocycles. The Morgan fingerprint density at radius 1 is 1.31 bits per heavy atom. The summed E-state index contributed by atoms with van der Waals surface area (Å²) in [6, 6.07) is 6.71. The summed E-state index contributed by atoms with van der Waals surface area (Å²) in [6.07, 6.45) is 0. The molecule has 0 bridgehead atoms. The van der Waals surface area contributed by atoms with Gasteiger partial charge in [0.1, 0.15) is 0 Å². The third-order valence-corrected chi connectivity index (χ3v) is 3.28. The summed E-state index contributed by atoms with van der Waals surface area (Å²) < 4.78 is 5.67. The molecule has 2 rings (SSSR count). The van der Waals surface area contributed by atoms with Crippen molar-refractivity contribution in [3.05, 3.63) is 44.5 Å². The second-order valence-corrected chi connectivity index (χ2v) is 5.16. The Balaban J connectivity index is 1.93. The summed E-state index contributed by atoms with van der Waals surface area (Å²) >= 11 is 12.8. The predicted molar refractivity (Wildman–Crippen MR) is 64.2 cm³/mol. The van der Waals surface area contributed by atoms with Gasteiger partial charge in [0.15, 0.2) is 11.0 Å². The first-order valence-electron chi connectivity index (χ1n) is 4.43. The van der Waals surface area contributed by atoms with Gasteiger partial charge in [-0.3, -0.25) is 4.79 Å². The lowest BCUT2D eigenvalue weighted by molar-refractivity contribution is 0.0923. The van der Waals surface area contributed by atoms with Gasteiger partial charge in [-0.15, -0.1) is 11.3 Å². The highest BCUT2D eigenvalue weighted by atomic mass is 35.5. The fourth-order valence-corrected chi connectivity index (χ4v) is 2.31. The molecule has 3 nitrogen and oxygen atoms in total. The maximum Gasteiger partial charge on any atom is 0.287 e. The number of halogens is 2. The van der Waals surface area contributed by atoms with Gasteiger partial charge in [0.2, 0.25) is 0 Å². The van der Waals surface area contributed by atoms with Crippen molar-refractivity contribution in [1.29, 1.82) is 0 Å². The zero-order valence-corrected chi connectivity index (χ0v) is 10.3. The number of carbonyl (C=O) groups is 1. The first-order valence-corrected chi connectivity index (χ1v) is 6.00. The van der Waals surface area contributed by atoms with Gasteiger partial charge in [-0.05, 0) is 35.9 Å². The summed E-state index contributed by atoms with van der Waals surface area (Å²) in [5.41, 5.74) is 0. The molecule has 84 valence electrons. The molecule has 0 aliphatic carbocycles. The number of nitrogens with one attached hydrogen (secondary N) is 1. The zero-order valence-electron chi connectivity index (χ0n) is 8.00. The van der Waals surface area contributed by atoms with Crippen LogP contribution in [0.25, 0.3) is 0 Å². The van der Waals surface area contributed by atoms with Crippen molar-refractivity contribution in [3.63, 3.8) is 0 Å². The van der Waals surface area contributed by atoms with Crippen molar-refractivity contribution < 1.29 is 9.21 Å². The third-order valence-electron chi connectivity index (χ3n) is 1.85. The molecule has 1 N–H and O–H groups in total. The largest absolute Gasteiger partial charge is 0.440 e. The number of thiophene rings is 1. The van der Waals surface area contributed by atoms with Crippen molar-refractivity contribution in [2.24, 2.45) is 0 Å². The van der Waals surface area contributed by atoms with Crippen LogP contribution >= 0.6 is 34.5 Å². The van der Waals surface area contributed by atoms with Crippen molar-refractivity contribution in [3.8, 4) is 0 Å². The van der Waals surface area contributed by atoms with Gasteiger partial charge >= 0.3 is 0 Å². The third kappa shape index (κ3) is 2.78. The van der Waals surface area contributed by atoms with Crippen LogP contribution in [-0.2, 0) is 6.54 Å². The van der Waals surface area contributed by atoms with Crippen LogP contribution in [0, 0.1) is 0 Å². The van der Waals surface area contributed by atoms with Crippen molar-refractivity contribution in [2.75, 3.05) is 0 Å². The van der Waals surface area contributed by atoms with E-state index < -0.39 is 0 Å². The maximum absolute atomic E-state index is 11.5. The van der Waals surface area contributed by atoms with E-state index in [1.165, 1.54) is 23.5 Å². The van der Waals surface area contributed by atoms with Crippen LogP contribution in [0.2, 0.25) is 9.56 Å². The normalized spacial score (nSPS) is 10.4. The Hall–Kier alpha value is -0.970. The molecule has 0 saturated heterocycles. The van der Waals surface area contributed by atoms with E-state index in [0.29, 0.717) is 10.9 Å². The molecule has 0 atom stereocenters. The quantitative estimate of drug-likeness (QED) is 0.931. The first-order chi connectivity index (χ1) is 7.65. The fourth-order valence-electron chi connectivity index (χ4n) is 1.14. The molecule has 0 saturated carbocycles. The Morgan fingerprint density at radius 2 is 2.12 bits per heavy atom. The molecule has 2 aromatic heterocycles. The number of furan rings is 1. The van der Waals surface area contributed by atoms with E-state index >= 15 is 0 Å². The average molecular weight is 276 g/mol. The van der Waals surface area contributed by atoms with E-state index in [1.807, 2.05) is 6.07 Å². The molecular formula is C10H7Cl2NO2S. The lowest BCUT2D eigenvalue weighted by atomic mass is 10.4. The van der Waals surface area contributed by atoms with Gasteiger partial charge in [-0.1, -0.05) is 11.6 Å². The van der Waals surface area contributed by atoms with E-state index in [-0.39, 0.29) is 16.9 Å². The highest BCUT2D eigenvalue weighted by molar-refractivity contribution is 7.16. The SMILES string of the molecule is O=C(NCc1ccc(Cl)s1)c1ccc(Cl)o1. The first kappa shape index (κ1) is 11.5. The highest BCUT2D eigenvalue weighted by Crippen LogP contribution is 2.21. The zero-order chi connectivity index (χ0) is 11.5. The van der Waals surface area contributed by atoms with Crippen LogP contribution in [0.4, 0.5) is 0 Å². The van der Waals surface area contributed by atoms with Gasteiger partial charge in [0.25, 0.3) is 5.91 Å². The number of rotatable bonds is 3. The Kier molecular flexibility index (Phi) is 3.53. The number of hydrogen-bond donors (Lipinski definition) is 1. The molecule has 0 radical (unpaired) electrons. The second kappa shape index (κ2) is 4.91. The minimum absolute atomic E-state index is 0.198. The van der Waals surface area contributed by atoms with Gasteiger partial charge in [0.05, 0.1) is 10.9 Å². The molecule has 6 heteroatoms. The summed E-state index contributed by atoms with van der Waals surface area (Å²) in [6.45, 7) is 0.425. The molecule has 0 aliphatic heterocycles. The fraction of sp³-hybridized carbons (Fsp3) is 0.100. The van der Waals surface area contributed by atoms with E-state index in [0.717, 1.165) is 4.88 Å². The van der Waals surface area contributed by atoms with Gasteiger partial charge in [-0.2, -0.15) is 0 Å². The Bertz CT molecular complexity index is 506. The minimum atomic E-state index is -0.295. The van der Waals surface area contributed by atoms with Crippen molar-refractivity contribution in [1.82, 2.24) is 5.32 Å². The topological polar surface area (TPSA) is 42.2 Å². The maximum atomic E-state index is 11.5.